The molecule has 0 aromatic rings. The lowest BCUT2D eigenvalue weighted by atomic mass is 10.2. The molecular formula is C6H12ClF5S. The summed E-state index contributed by atoms with van der Waals surface area (Å²) in [7, 11) is -9.13. The Labute approximate surface area is 79.2 Å². The summed E-state index contributed by atoms with van der Waals surface area (Å²) < 4.78 is 58.5. The molecule has 84 valence electrons. The zero-order valence-corrected chi connectivity index (χ0v) is 8.49. The Morgan fingerprint density at radius 3 is 1.62 bits per heavy atom. The van der Waals surface area contributed by atoms with Crippen molar-refractivity contribution in [3.8, 4) is 0 Å². The fourth-order valence-electron chi connectivity index (χ4n) is 0.823. The first-order chi connectivity index (χ1) is 5.54. The molecule has 0 saturated carbocycles. The van der Waals surface area contributed by atoms with Crippen LogP contribution in [0.1, 0.15) is 25.7 Å². The lowest BCUT2D eigenvalue weighted by Crippen LogP contribution is -2.10. The largest absolute Gasteiger partial charge is 0.285 e. The van der Waals surface area contributed by atoms with Gasteiger partial charge in [0.05, 0.1) is 5.75 Å². The molecule has 0 spiro atoms. The Balaban J connectivity index is 3.67. The first-order valence-electron chi connectivity index (χ1n) is 3.83. The van der Waals surface area contributed by atoms with Crippen LogP contribution >= 0.6 is 21.8 Å². The summed E-state index contributed by atoms with van der Waals surface area (Å²) in [6.07, 6.45) is 0.687. The predicted molar refractivity (Wildman–Crippen MR) is 47.2 cm³/mol. The molecule has 0 rings (SSSR count). The van der Waals surface area contributed by atoms with Gasteiger partial charge in [-0.05, 0) is 12.8 Å². The molecule has 0 N–H and O–H groups in total. The van der Waals surface area contributed by atoms with Gasteiger partial charge in [0, 0.05) is 5.88 Å². The third-order valence-electron chi connectivity index (χ3n) is 1.41. The summed E-state index contributed by atoms with van der Waals surface area (Å²) in [5.74, 6) is -1.58. The van der Waals surface area contributed by atoms with Gasteiger partial charge in [-0.25, -0.2) is 0 Å². The highest BCUT2D eigenvalue weighted by Gasteiger charge is 2.62. The average Bonchev–Trinajstić information content (AvgIpc) is 1.82. The molecule has 0 amide bonds. The standard InChI is InChI=1S/C6H12ClF5S/c7-5-3-1-2-4-6-13(8,9,10,11)12/h1-6H2. The van der Waals surface area contributed by atoms with Gasteiger partial charge in [-0.2, -0.15) is 0 Å². The summed E-state index contributed by atoms with van der Waals surface area (Å²) in [6.45, 7) is 0. The van der Waals surface area contributed by atoms with Gasteiger partial charge in [0.1, 0.15) is 0 Å². The number of hydrogen-bond acceptors (Lipinski definition) is 0. The van der Waals surface area contributed by atoms with Crippen LogP contribution in [0.25, 0.3) is 0 Å². The minimum atomic E-state index is -9.13. The molecule has 0 aliphatic heterocycles. The van der Waals surface area contributed by atoms with E-state index in [0.29, 0.717) is 18.7 Å². The zero-order valence-electron chi connectivity index (χ0n) is 6.92. The van der Waals surface area contributed by atoms with Gasteiger partial charge >= 0.3 is 0 Å². The van der Waals surface area contributed by atoms with Gasteiger partial charge in [0.25, 0.3) is 10.2 Å². The fraction of sp³-hybridized carbons (Fsp3) is 1.00. The minimum absolute atomic E-state index is 0.151. The van der Waals surface area contributed by atoms with E-state index in [2.05, 4.69) is 0 Å². The van der Waals surface area contributed by atoms with Crippen molar-refractivity contribution in [3.63, 3.8) is 0 Å². The number of unbranched alkanes of at least 4 members (excludes halogenated alkanes) is 3. The van der Waals surface area contributed by atoms with Crippen LogP contribution in [0, 0.1) is 0 Å². The maximum atomic E-state index is 11.7. The Morgan fingerprint density at radius 2 is 1.23 bits per heavy atom. The Morgan fingerprint density at radius 1 is 0.769 bits per heavy atom. The molecule has 0 aliphatic rings. The topological polar surface area (TPSA) is 0 Å². The van der Waals surface area contributed by atoms with Crippen molar-refractivity contribution in [1.29, 1.82) is 0 Å². The molecule has 0 nitrogen and oxygen atoms in total. The monoisotopic (exact) mass is 246 g/mol. The van der Waals surface area contributed by atoms with Crippen LogP contribution in [0.15, 0.2) is 0 Å². The highest BCUT2D eigenvalue weighted by Crippen LogP contribution is 2.97. The second-order valence-corrected chi connectivity index (χ2v) is 5.98. The SMILES string of the molecule is FS(F)(F)(F)(F)CCCCCCCl. The van der Waals surface area contributed by atoms with Crippen LogP contribution in [-0.4, -0.2) is 11.6 Å². The van der Waals surface area contributed by atoms with Crippen LogP contribution < -0.4 is 0 Å². The van der Waals surface area contributed by atoms with E-state index in [0.717, 1.165) is 0 Å². The molecule has 0 aliphatic carbocycles. The Kier molecular flexibility index (Phi) is 3.53. The molecule has 13 heavy (non-hydrogen) atoms. The lowest BCUT2D eigenvalue weighted by Gasteiger charge is -2.40. The van der Waals surface area contributed by atoms with Crippen molar-refractivity contribution in [2.75, 3.05) is 11.6 Å². The number of alkyl halides is 1. The number of halogens is 6. The van der Waals surface area contributed by atoms with Crippen molar-refractivity contribution < 1.29 is 19.4 Å². The maximum Gasteiger partial charge on any atom is 0.285 e. The molecule has 0 bridgehead atoms. The third-order valence-corrected chi connectivity index (χ3v) is 2.74. The van der Waals surface area contributed by atoms with Crippen LogP contribution in [0.2, 0.25) is 0 Å². The molecule has 0 radical (unpaired) electrons. The first kappa shape index (κ1) is 13.3. The fourth-order valence-corrected chi connectivity index (χ4v) is 1.76. The van der Waals surface area contributed by atoms with Gasteiger partial charge in [-0.1, -0.05) is 32.3 Å². The van der Waals surface area contributed by atoms with Gasteiger partial charge < -0.3 is 0 Å². The van der Waals surface area contributed by atoms with E-state index in [1.165, 1.54) is 0 Å². The van der Waals surface area contributed by atoms with Crippen LogP contribution in [-0.2, 0) is 0 Å². The van der Waals surface area contributed by atoms with Gasteiger partial charge in [-0.15, -0.1) is 11.6 Å². The van der Waals surface area contributed by atoms with E-state index in [-0.39, 0.29) is 6.42 Å². The molecule has 7 heteroatoms. The molecule has 0 aromatic heterocycles. The first-order valence-corrected chi connectivity index (χ1v) is 6.48. The highest BCUT2D eigenvalue weighted by atomic mass is 35.5. The van der Waals surface area contributed by atoms with E-state index >= 15 is 0 Å². The summed E-state index contributed by atoms with van der Waals surface area (Å²) >= 11 is 5.26. The molecular weight excluding hydrogens is 235 g/mol. The second-order valence-electron chi connectivity index (χ2n) is 2.94. The Bertz CT molecular complexity index is 161. The van der Waals surface area contributed by atoms with Crippen LogP contribution in [0.3, 0.4) is 0 Å². The summed E-state index contributed by atoms with van der Waals surface area (Å²) in [5.41, 5.74) is 0. The Hall–Kier alpha value is 0.290. The van der Waals surface area contributed by atoms with E-state index < -0.39 is 22.4 Å². The number of hydrogen-bond donors (Lipinski definition) is 0. The van der Waals surface area contributed by atoms with Gasteiger partial charge in [-0.3, -0.25) is 0 Å². The summed E-state index contributed by atoms with van der Waals surface area (Å²) in [5, 5.41) is 0. The zero-order chi connectivity index (χ0) is 10.7. The lowest BCUT2D eigenvalue weighted by molar-refractivity contribution is 0.360. The minimum Gasteiger partial charge on any atom is -0.127 e. The van der Waals surface area contributed by atoms with Crippen molar-refractivity contribution in [2.24, 2.45) is 0 Å². The highest BCUT2D eigenvalue weighted by molar-refractivity contribution is 8.45. The van der Waals surface area contributed by atoms with Gasteiger partial charge in [0.15, 0.2) is 0 Å². The van der Waals surface area contributed by atoms with Crippen LogP contribution in [0.4, 0.5) is 19.4 Å². The summed E-state index contributed by atoms with van der Waals surface area (Å²) in [6, 6.07) is 0. The van der Waals surface area contributed by atoms with E-state index in [1.54, 1.807) is 0 Å². The van der Waals surface area contributed by atoms with Crippen molar-refractivity contribution in [2.45, 2.75) is 25.7 Å². The molecule has 0 fully saturated rings. The van der Waals surface area contributed by atoms with E-state index in [4.69, 9.17) is 11.6 Å². The maximum absolute atomic E-state index is 11.7. The average molecular weight is 247 g/mol. The summed E-state index contributed by atoms with van der Waals surface area (Å²) in [4.78, 5) is 0. The molecule has 0 heterocycles. The smallest absolute Gasteiger partial charge is 0.127 e. The number of rotatable bonds is 6. The predicted octanol–water partition coefficient (Wildman–Crippen LogP) is 5.08. The molecule has 0 aromatic carbocycles. The third kappa shape index (κ3) is 12.3. The van der Waals surface area contributed by atoms with Gasteiger partial charge in [0.2, 0.25) is 0 Å². The van der Waals surface area contributed by atoms with Crippen molar-refractivity contribution in [3.05, 3.63) is 0 Å². The normalized spacial score (nSPS) is 18.0. The van der Waals surface area contributed by atoms with Crippen LogP contribution in [0.5, 0.6) is 0 Å². The molecule has 0 saturated heterocycles. The molecule has 0 unspecified atom stereocenters. The van der Waals surface area contributed by atoms with Crippen molar-refractivity contribution >= 4 is 21.8 Å². The van der Waals surface area contributed by atoms with Crippen molar-refractivity contribution in [1.82, 2.24) is 0 Å². The van der Waals surface area contributed by atoms with E-state index in [1.807, 2.05) is 0 Å². The van der Waals surface area contributed by atoms with E-state index in [9.17, 15) is 19.4 Å². The second kappa shape index (κ2) is 3.46. The quantitative estimate of drug-likeness (QED) is 0.348. The molecule has 0 atom stereocenters.